The molecule has 0 aliphatic heterocycles. The molecule has 0 spiro atoms. The van der Waals surface area contributed by atoms with Gasteiger partial charge in [-0.25, -0.2) is 4.98 Å². The Morgan fingerprint density at radius 3 is 2.91 bits per heavy atom. The quantitative estimate of drug-likeness (QED) is 0.704. The summed E-state index contributed by atoms with van der Waals surface area (Å²) < 4.78 is 2.04. The second-order valence-electron chi connectivity index (χ2n) is 2.68. The monoisotopic (exact) mass is 153 g/mol. The predicted molar refractivity (Wildman–Crippen MR) is 45.3 cm³/mol. The Balaban J connectivity index is 2.67. The number of hydrogen-bond acceptors (Lipinski definition) is 2. The smallest absolute Gasteiger partial charge is 0.125 e. The van der Waals surface area contributed by atoms with Gasteiger partial charge in [-0.05, 0) is 13.5 Å². The molecule has 1 aromatic heterocycles. The Bertz CT molecular complexity index is 217. The second kappa shape index (κ2) is 3.53. The lowest BCUT2D eigenvalue weighted by Crippen LogP contribution is -2.20. The van der Waals surface area contributed by atoms with Crippen molar-refractivity contribution in [3.8, 4) is 0 Å². The lowest BCUT2D eigenvalue weighted by molar-refractivity contribution is 0.548. The van der Waals surface area contributed by atoms with E-state index >= 15 is 0 Å². The summed E-state index contributed by atoms with van der Waals surface area (Å²) in [6.45, 7) is 5.19. The first kappa shape index (κ1) is 8.27. The molecule has 0 unspecified atom stereocenters. The van der Waals surface area contributed by atoms with Crippen molar-refractivity contribution in [2.45, 2.75) is 19.9 Å². The highest BCUT2D eigenvalue weighted by Crippen LogP contribution is 2.06. The van der Waals surface area contributed by atoms with E-state index < -0.39 is 0 Å². The van der Waals surface area contributed by atoms with Crippen LogP contribution in [0.4, 0.5) is 0 Å². The van der Waals surface area contributed by atoms with E-state index in [1.807, 2.05) is 24.0 Å². The molecule has 1 aromatic rings. The number of aryl methyl sites for hydroxylation is 1. The van der Waals surface area contributed by atoms with Gasteiger partial charge in [-0.3, -0.25) is 0 Å². The van der Waals surface area contributed by atoms with Crippen LogP contribution in [0.15, 0.2) is 12.4 Å². The lowest BCUT2D eigenvalue weighted by atomic mass is 10.3. The summed E-state index contributed by atoms with van der Waals surface area (Å²) in [5.41, 5.74) is 0. The lowest BCUT2D eigenvalue weighted by Gasteiger charge is -2.11. The minimum Gasteiger partial charge on any atom is -0.337 e. The molecule has 0 aromatic carbocycles. The second-order valence-corrected chi connectivity index (χ2v) is 2.68. The molecule has 1 heterocycles. The van der Waals surface area contributed by atoms with Crippen LogP contribution in [0.2, 0.25) is 0 Å². The Hall–Kier alpha value is -0.830. The van der Waals surface area contributed by atoms with Gasteiger partial charge in [0, 0.05) is 19.4 Å². The molecule has 0 aliphatic rings. The predicted octanol–water partition coefficient (Wildman–Crippen LogP) is 1.09. The van der Waals surface area contributed by atoms with Crippen LogP contribution in [0.3, 0.4) is 0 Å². The number of nitrogens with zero attached hydrogens (tertiary/aromatic N) is 2. The van der Waals surface area contributed by atoms with Crippen molar-refractivity contribution in [1.29, 1.82) is 0 Å². The highest BCUT2D eigenvalue weighted by molar-refractivity contribution is 4.96. The van der Waals surface area contributed by atoms with Gasteiger partial charge in [-0.1, -0.05) is 6.92 Å². The van der Waals surface area contributed by atoms with E-state index in [0.717, 1.165) is 12.4 Å². The van der Waals surface area contributed by atoms with E-state index in [-0.39, 0.29) is 0 Å². The number of nitrogens with one attached hydrogen (secondary N) is 1. The maximum atomic E-state index is 4.23. The van der Waals surface area contributed by atoms with Crippen molar-refractivity contribution in [2.24, 2.45) is 7.05 Å². The first-order chi connectivity index (χ1) is 5.25. The van der Waals surface area contributed by atoms with Crippen LogP contribution in [0, 0.1) is 0 Å². The summed E-state index contributed by atoms with van der Waals surface area (Å²) in [6.07, 6.45) is 3.78. The summed E-state index contributed by atoms with van der Waals surface area (Å²) in [5.74, 6) is 1.09. The summed E-state index contributed by atoms with van der Waals surface area (Å²) in [4.78, 5) is 4.23. The summed E-state index contributed by atoms with van der Waals surface area (Å²) in [6, 6.07) is 0.347. The van der Waals surface area contributed by atoms with Gasteiger partial charge in [-0.15, -0.1) is 0 Å². The molecule has 0 radical (unpaired) electrons. The molecule has 0 saturated carbocycles. The average molecular weight is 153 g/mol. The third-order valence-corrected chi connectivity index (χ3v) is 1.76. The number of imidazole rings is 1. The number of hydrogen-bond donors (Lipinski definition) is 1. The zero-order valence-corrected chi connectivity index (χ0v) is 7.33. The van der Waals surface area contributed by atoms with Crippen molar-refractivity contribution in [2.75, 3.05) is 6.54 Å². The Kier molecular flexibility index (Phi) is 2.65. The van der Waals surface area contributed by atoms with E-state index in [0.29, 0.717) is 6.04 Å². The molecule has 0 saturated heterocycles. The third kappa shape index (κ3) is 1.80. The molecule has 1 N–H and O–H groups in total. The molecule has 62 valence electrons. The van der Waals surface area contributed by atoms with E-state index in [1.165, 1.54) is 0 Å². The molecule has 3 heteroatoms. The van der Waals surface area contributed by atoms with Gasteiger partial charge < -0.3 is 9.88 Å². The van der Waals surface area contributed by atoms with Crippen molar-refractivity contribution in [3.05, 3.63) is 18.2 Å². The summed E-state index contributed by atoms with van der Waals surface area (Å²) in [5, 5.41) is 3.31. The molecule has 0 fully saturated rings. The fourth-order valence-corrected chi connectivity index (χ4v) is 1.19. The van der Waals surface area contributed by atoms with Crippen LogP contribution in [-0.4, -0.2) is 16.1 Å². The minimum atomic E-state index is 0.347. The Labute approximate surface area is 67.4 Å². The largest absolute Gasteiger partial charge is 0.337 e. The highest BCUT2D eigenvalue weighted by atomic mass is 15.1. The summed E-state index contributed by atoms with van der Waals surface area (Å²) in [7, 11) is 2.01. The highest BCUT2D eigenvalue weighted by Gasteiger charge is 2.06. The molecular formula is C8H15N3. The molecular weight excluding hydrogens is 138 g/mol. The van der Waals surface area contributed by atoms with Crippen LogP contribution in [-0.2, 0) is 7.05 Å². The standard InChI is InChI=1S/C8H15N3/c1-4-9-7(2)8-10-5-6-11(8)3/h5-7,9H,4H2,1-3H3/t7-/m1/s1. The zero-order valence-electron chi connectivity index (χ0n) is 7.33. The Morgan fingerprint density at radius 2 is 2.45 bits per heavy atom. The normalized spacial score (nSPS) is 13.4. The molecule has 0 bridgehead atoms. The topological polar surface area (TPSA) is 29.9 Å². The molecule has 1 rings (SSSR count). The maximum Gasteiger partial charge on any atom is 0.125 e. The molecule has 1 atom stereocenters. The van der Waals surface area contributed by atoms with E-state index in [2.05, 4.69) is 24.1 Å². The van der Waals surface area contributed by atoms with Crippen molar-refractivity contribution in [1.82, 2.24) is 14.9 Å². The van der Waals surface area contributed by atoms with Gasteiger partial charge in [0.05, 0.1) is 6.04 Å². The van der Waals surface area contributed by atoms with E-state index in [9.17, 15) is 0 Å². The Morgan fingerprint density at radius 1 is 1.73 bits per heavy atom. The first-order valence-corrected chi connectivity index (χ1v) is 3.96. The third-order valence-electron chi connectivity index (χ3n) is 1.76. The molecule has 0 aliphatic carbocycles. The van der Waals surface area contributed by atoms with Gasteiger partial charge in [0.2, 0.25) is 0 Å². The van der Waals surface area contributed by atoms with Crippen molar-refractivity contribution < 1.29 is 0 Å². The zero-order chi connectivity index (χ0) is 8.27. The fourth-order valence-electron chi connectivity index (χ4n) is 1.19. The van der Waals surface area contributed by atoms with Crippen LogP contribution in [0.25, 0.3) is 0 Å². The van der Waals surface area contributed by atoms with Gasteiger partial charge in [0.25, 0.3) is 0 Å². The van der Waals surface area contributed by atoms with E-state index in [1.54, 1.807) is 0 Å². The summed E-state index contributed by atoms with van der Waals surface area (Å²) >= 11 is 0. The van der Waals surface area contributed by atoms with Crippen molar-refractivity contribution >= 4 is 0 Å². The van der Waals surface area contributed by atoms with Gasteiger partial charge in [-0.2, -0.15) is 0 Å². The van der Waals surface area contributed by atoms with Gasteiger partial charge in [0.15, 0.2) is 0 Å². The average Bonchev–Trinajstić information content (AvgIpc) is 2.36. The van der Waals surface area contributed by atoms with Crippen LogP contribution in [0.5, 0.6) is 0 Å². The van der Waals surface area contributed by atoms with Crippen LogP contribution in [0.1, 0.15) is 25.7 Å². The fraction of sp³-hybridized carbons (Fsp3) is 0.625. The molecule has 3 nitrogen and oxygen atoms in total. The van der Waals surface area contributed by atoms with Gasteiger partial charge in [0.1, 0.15) is 5.82 Å². The van der Waals surface area contributed by atoms with Gasteiger partial charge >= 0.3 is 0 Å². The number of aromatic nitrogens is 2. The minimum absolute atomic E-state index is 0.347. The number of rotatable bonds is 3. The first-order valence-electron chi connectivity index (χ1n) is 3.96. The molecule has 0 amide bonds. The maximum absolute atomic E-state index is 4.23. The van der Waals surface area contributed by atoms with Crippen LogP contribution >= 0.6 is 0 Å². The van der Waals surface area contributed by atoms with Crippen LogP contribution < -0.4 is 5.32 Å². The van der Waals surface area contributed by atoms with Crippen molar-refractivity contribution in [3.63, 3.8) is 0 Å². The molecule has 11 heavy (non-hydrogen) atoms. The SMILES string of the molecule is CCN[C@H](C)c1nccn1C. The van der Waals surface area contributed by atoms with E-state index in [4.69, 9.17) is 0 Å².